The van der Waals surface area contributed by atoms with Crippen molar-refractivity contribution in [3.8, 4) is 0 Å². The minimum absolute atomic E-state index is 0.110. The molecular weight excluding hydrogens is 328 g/mol. The molecular formula is C21H26N2OS. The number of rotatable bonds is 5. The fourth-order valence-electron chi connectivity index (χ4n) is 2.58. The molecule has 1 amide bonds. The van der Waals surface area contributed by atoms with Crippen LogP contribution >= 0.6 is 12.2 Å². The zero-order valence-electron chi connectivity index (χ0n) is 15.3. The van der Waals surface area contributed by atoms with Gasteiger partial charge in [0.2, 0.25) is 5.91 Å². The Hall–Kier alpha value is -2.20. The summed E-state index contributed by atoms with van der Waals surface area (Å²) in [4.78, 5) is 12.4. The van der Waals surface area contributed by atoms with E-state index in [1.165, 1.54) is 11.1 Å². The summed E-state index contributed by atoms with van der Waals surface area (Å²) in [5.74, 6) is 0.254. The van der Waals surface area contributed by atoms with Gasteiger partial charge in [-0.25, -0.2) is 0 Å². The Kier molecular flexibility index (Phi) is 6.71. The second-order valence-electron chi connectivity index (χ2n) is 6.87. The Bertz CT molecular complexity index is 721. The molecule has 2 aromatic carbocycles. The lowest BCUT2D eigenvalue weighted by Gasteiger charge is -2.15. The number of carbonyl (C=O) groups is 1. The van der Waals surface area contributed by atoms with E-state index in [1.54, 1.807) is 0 Å². The topological polar surface area (TPSA) is 41.1 Å². The molecule has 2 N–H and O–H groups in total. The SMILES string of the molecule is Cc1ccc(NC(=S)NC(=O)C(C)c2ccc(CC(C)C)cc2)cc1. The van der Waals surface area contributed by atoms with E-state index in [1.807, 2.05) is 50.2 Å². The molecule has 0 aromatic heterocycles. The summed E-state index contributed by atoms with van der Waals surface area (Å²) in [6.07, 6.45) is 1.05. The first-order valence-electron chi connectivity index (χ1n) is 8.62. The first kappa shape index (κ1) is 19.1. The lowest BCUT2D eigenvalue weighted by molar-refractivity contribution is -0.120. The van der Waals surface area contributed by atoms with Gasteiger partial charge in [-0.2, -0.15) is 0 Å². The monoisotopic (exact) mass is 354 g/mol. The number of benzene rings is 2. The van der Waals surface area contributed by atoms with Crippen molar-refractivity contribution in [2.75, 3.05) is 5.32 Å². The van der Waals surface area contributed by atoms with Gasteiger partial charge in [0.15, 0.2) is 5.11 Å². The van der Waals surface area contributed by atoms with Crippen molar-refractivity contribution in [2.45, 2.75) is 40.0 Å². The summed E-state index contributed by atoms with van der Waals surface area (Å²) >= 11 is 5.24. The van der Waals surface area contributed by atoms with Crippen LogP contribution in [0.4, 0.5) is 5.69 Å². The highest BCUT2D eigenvalue weighted by molar-refractivity contribution is 7.80. The minimum Gasteiger partial charge on any atom is -0.332 e. The van der Waals surface area contributed by atoms with E-state index in [4.69, 9.17) is 12.2 Å². The number of thiocarbonyl (C=S) groups is 1. The molecule has 25 heavy (non-hydrogen) atoms. The molecule has 4 heteroatoms. The maximum Gasteiger partial charge on any atom is 0.233 e. The molecule has 0 aliphatic rings. The molecule has 0 bridgehead atoms. The van der Waals surface area contributed by atoms with E-state index in [0.29, 0.717) is 11.0 Å². The van der Waals surface area contributed by atoms with Crippen LogP contribution in [0.1, 0.15) is 43.4 Å². The molecule has 0 radical (unpaired) electrons. The van der Waals surface area contributed by atoms with Crippen molar-refractivity contribution in [1.82, 2.24) is 5.32 Å². The van der Waals surface area contributed by atoms with Gasteiger partial charge < -0.3 is 10.6 Å². The molecule has 2 rings (SSSR count). The van der Waals surface area contributed by atoms with E-state index in [2.05, 4.69) is 36.6 Å². The van der Waals surface area contributed by atoms with Crippen molar-refractivity contribution in [2.24, 2.45) is 5.92 Å². The molecule has 0 spiro atoms. The fraction of sp³-hybridized carbons (Fsp3) is 0.333. The molecule has 0 saturated heterocycles. The van der Waals surface area contributed by atoms with Crippen LogP contribution in [-0.2, 0) is 11.2 Å². The number of amides is 1. The van der Waals surface area contributed by atoms with Crippen molar-refractivity contribution < 1.29 is 4.79 Å². The average molecular weight is 355 g/mol. The van der Waals surface area contributed by atoms with Gasteiger partial charge in [-0.1, -0.05) is 55.8 Å². The largest absolute Gasteiger partial charge is 0.332 e. The van der Waals surface area contributed by atoms with E-state index >= 15 is 0 Å². The minimum atomic E-state index is -0.258. The molecule has 132 valence electrons. The van der Waals surface area contributed by atoms with Gasteiger partial charge >= 0.3 is 0 Å². The van der Waals surface area contributed by atoms with Crippen LogP contribution in [0.5, 0.6) is 0 Å². The molecule has 0 aliphatic heterocycles. The summed E-state index contributed by atoms with van der Waals surface area (Å²) in [6, 6.07) is 16.1. The molecule has 0 aliphatic carbocycles. The highest BCUT2D eigenvalue weighted by Gasteiger charge is 2.16. The molecule has 0 heterocycles. The highest BCUT2D eigenvalue weighted by Crippen LogP contribution is 2.18. The zero-order valence-corrected chi connectivity index (χ0v) is 16.1. The highest BCUT2D eigenvalue weighted by atomic mass is 32.1. The van der Waals surface area contributed by atoms with Crippen molar-refractivity contribution in [3.63, 3.8) is 0 Å². The van der Waals surface area contributed by atoms with Crippen LogP contribution in [0.3, 0.4) is 0 Å². The van der Waals surface area contributed by atoms with Crippen LogP contribution < -0.4 is 10.6 Å². The van der Waals surface area contributed by atoms with Crippen LogP contribution in [0.15, 0.2) is 48.5 Å². The molecule has 1 unspecified atom stereocenters. The van der Waals surface area contributed by atoms with Crippen molar-refractivity contribution >= 4 is 28.9 Å². The standard InChI is InChI=1S/C21H26N2OS/c1-14(2)13-17-7-9-18(10-8-17)16(4)20(24)23-21(25)22-19-11-5-15(3)6-12-19/h5-12,14,16H,13H2,1-4H3,(H2,22,23,24,25). The number of carbonyl (C=O) groups excluding carboxylic acids is 1. The van der Waals surface area contributed by atoms with Gasteiger partial charge in [0.05, 0.1) is 5.92 Å². The first-order valence-corrected chi connectivity index (χ1v) is 9.03. The Morgan fingerprint density at radius 3 is 2.16 bits per heavy atom. The third-order valence-electron chi connectivity index (χ3n) is 4.06. The second-order valence-corrected chi connectivity index (χ2v) is 7.28. The molecule has 1 atom stereocenters. The molecule has 0 fully saturated rings. The summed E-state index contributed by atoms with van der Waals surface area (Å²) in [7, 11) is 0. The molecule has 3 nitrogen and oxygen atoms in total. The van der Waals surface area contributed by atoms with E-state index in [0.717, 1.165) is 17.7 Å². The number of hydrogen-bond donors (Lipinski definition) is 2. The van der Waals surface area contributed by atoms with E-state index in [-0.39, 0.29) is 11.8 Å². The van der Waals surface area contributed by atoms with Crippen molar-refractivity contribution in [1.29, 1.82) is 0 Å². The third kappa shape index (κ3) is 5.98. The van der Waals surface area contributed by atoms with Crippen LogP contribution in [0.2, 0.25) is 0 Å². The Labute approximate surface area is 155 Å². The van der Waals surface area contributed by atoms with Gasteiger partial charge in [0, 0.05) is 5.69 Å². The van der Waals surface area contributed by atoms with Gasteiger partial charge in [0.25, 0.3) is 0 Å². The Morgan fingerprint density at radius 1 is 1.00 bits per heavy atom. The predicted octanol–water partition coefficient (Wildman–Crippen LogP) is 4.81. The summed E-state index contributed by atoms with van der Waals surface area (Å²) in [5.41, 5.74) is 4.32. The lowest BCUT2D eigenvalue weighted by atomic mass is 9.96. The van der Waals surface area contributed by atoms with Gasteiger partial charge in [-0.05, 0) is 61.7 Å². The Morgan fingerprint density at radius 2 is 1.60 bits per heavy atom. The third-order valence-corrected chi connectivity index (χ3v) is 4.27. The van der Waals surface area contributed by atoms with Crippen molar-refractivity contribution in [3.05, 3.63) is 65.2 Å². The summed E-state index contributed by atoms with van der Waals surface area (Å²) in [6.45, 7) is 8.32. The van der Waals surface area contributed by atoms with Crippen LogP contribution in [0, 0.1) is 12.8 Å². The van der Waals surface area contributed by atoms with E-state index in [9.17, 15) is 4.79 Å². The van der Waals surface area contributed by atoms with E-state index < -0.39 is 0 Å². The molecule has 0 saturated carbocycles. The maximum absolute atomic E-state index is 12.4. The first-order chi connectivity index (χ1) is 11.8. The number of nitrogens with one attached hydrogen (secondary N) is 2. The lowest BCUT2D eigenvalue weighted by Crippen LogP contribution is -2.36. The normalized spacial score (nSPS) is 11.9. The average Bonchev–Trinajstić information content (AvgIpc) is 2.56. The van der Waals surface area contributed by atoms with Crippen LogP contribution in [0.25, 0.3) is 0 Å². The second kappa shape index (κ2) is 8.77. The van der Waals surface area contributed by atoms with Gasteiger partial charge in [-0.3, -0.25) is 4.79 Å². The maximum atomic E-state index is 12.4. The van der Waals surface area contributed by atoms with Crippen LogP contribution in [-0.4, -0.2) is 11.0 Å². The zero-order chi connectivity index (χ0) is 18.4. The summed E-state index contributed by atoms with van der Waals surface area (Å²) < 4.78 is 0. The van der Waals surface area contributed by atoms with Gasteiger partial charge in [0.1, 0.15) is 0 Å². The molecule has 2 aromatic rings. The number of hydrogen-bond acceptors (Lipinski definition) is 2. The van der Waals surface area contributed by atoms with Gasteiger partial charge in [-0.15, -0.1) is 0 Å². The Balaban J connectivity index is 1.92. The fourth-order valence-corrected chi connectivity index (χ4v) is 2.80. The number of anilines is 1. The smallest absolute Gasteiger partial charge is 0.233 e. The number of aryl methyl sites for hydroxylation is 1. The quantitative estimate of drug-likeness (QED) is 0.757. The predicted molar refractivity (Wildman–Crippen MR) is 109 cm³/mol. The summed E-state index contributed by atoms with van der Waals surface area (Å²) in [5, 5.41) is 6.12.